The highest BCUT2D eigenvalue weighted by atomic mass is 35.5. The lowest BCUT2D eigenvalue weighted by Crippen LogP contribution is -2.06. The minimum Gasteiger partial charge on any atom is -0.488 e. The van der Waals surface area contributed by atoms with Crippen molar-refractivity contribution >= 4 is 41.2 Å². The standard InChI is InChI=1S/C16H15Cl2N3O3/c1-9(2)24-15-12(17)5-10(6-13(15)18)7-20-21-14-4-3-11(8-19-14)16(22)23/h3-9H,1-2H3,(H,19,21)(H,22,23)/b20-7+. The molecule has 0 aliphatic heterocycles. The Kier molecular flexibility index (Phi) is 6.00. The number of aromatic nitrogens is 1. The van der Waals surface area contributed by atoms with E-state index in [1.807, 2.05) is 13.8 Å². The number of anilines is 1. The zero-order valence-corrected chi connectivity index (χ0v) is 14.5. The van der Waals surface area contributed by atoms with Crippen molar-refractivity contribution in [3.05, 3.63) is 51.6 Å². The number of hydrogen-bond acceptors (Lipinski definition) is 5. The van der Waals surface area contributed by atoms with Crippen molar-refractivity contribution < 1.29 is 14.6 Å². The lowest BCUT2D eigenvalue weighted by Gasteiger charge is -2.13. The largest absolute Gasteiger partial charge is 0.488 e. The van der Waals surface area contributed by atoms with Crippen LogP contribution in [0.25, 0.3) is 0 Å². The molecule has 1 aromatic carbocycles. The molecule has 8 heteroatoms. The highest BCUT2D eigenvalue weighted by Gasteiger charge is 2.10. The monoisotopic (exact) mass is 367 g/mol. The molecular formula is C16H15Cl2N3O3. The second kappa shape index (κ2) is 7.99. The van der Waals surface area contributed by atoms with Crippen molar-refractivity contribution in [1.29, 1.82) is 0 Å². The fraction of sp³-hybridized carbons (Fsp3) is 0.188. The van der Waals surface area contributed by atoms with Crippen LogP contribution in [0.2, 0.25) is 10.0 Å². The Balaban J connectivity index is 2.07. The average Bonchev–Trinajstić information content (AvgIpc) is 2.51. The van der Waals surface area contributed by atoms with Gasteiger partial charge in [-0.15, -0.1) is 0 Å². The predicted molar refractivity (Wildman–Crippen MR) is 94.6 cm³/mol. The van der Waals surface area contributed by atoms with Gasteiger partial charge in [0.15, 0.2) is 5.75 Å². The number of hydrazone groups is 1. The molecule has 0 saturated heterocycles. The quantitative estimate of drug-likeness (QED) is 0.586. The molecule has 126 valence electrons. The molecule has 0 bridgehead atoms. The van der Waals surface area contributed by atoms with Gasteiger partial charge in [-0.2, -0.15) is 5.10 Å². The number of carboxylic acid groups (broad SMARTS) is 1. The third kappa shape index (κ3) is 4.84. The lowest BCUT2D eigenvalue weighted by atomic mass is 10.2. The Labute approximate surface area is 149 Å². The van der Waals surface area contributed by atoms with E-state index < -0.39 is 5.97 Å². The minimum absolute atomic E-state index is 0.0407. The van der Waals surface area contributed by atoms with E-state index in [1.165, 1.54) is 24.5 Å². The summed E-state index contributed by atoms with van der Waals surface area (Å²) in [6.07, 6.45) is 2.72. The maximum absolute atomic E-state index is 10.7. The highest BCUT2D eigenvalue weighted by molar-refractivity contribution is 6.37. The number of aromatic carboxylic acids is 1. The summed E-state index contributed by atoms with van der Waals surface area (Å²) in [5, 5.41) is 13.6. The Hall–Kier alpha value is -2.31. The molecule has 0 unspecified atom stereocenters. The molecule has 0 radical (unpaired) electrons. The molecule has 0 atom stereocenters. The van der Waals surface area contributed by atoms with Crippen LogP contribution in [0.1, 0.15) is 29.8 Å². The van der Waals surface area contributed by atoms with Gasteiger partial charge in [-0.1, -0.05) is 23.2 Å². The maximum Gasteiger partial charge on any atom is 0.337 e. The first kappa shape index (κ1) is 18.0. The first-order valence-corrected chi connectivity index (χ1v) is 7.76. The first-order chi connectivity index (χ1) is 11.4. The molecule has 0 aliphatic carbocycles. The van der Waals surface area contributed by atoms with E-state index in [0.29, 0.717) is 27.2 Å². The molecule has 0 spiro atoms. The SMILES string of the molecule is CC(C)Oc1c(Cl)cc(/C=N/Nc2ccc(C(=O)O)cn2)cc1Cl. The highest BCUT2D eigenvalue weighted by Crippen LogP contribution is 2.34. The summed E-state index contributed by atoms with van der Waals surface area (Å²) < 4.78 is 5.55. The van der Waals surface area contributed by atoms with Crippen molar-refractivity contribution in [3.8, 4) is 5.75 Å². The average molecular weight is 368 g/mol. The van der Waals surface area contributed by atoms with Gasteiger partial charge in [-0.05, 0) is 43.7 Å². The number of nitrogens with zero attached hydrogens (tertiary/aromatic N) is 2. The molecule has 24 heavy (non-hydrogen) atoms. The van der Waals surface area contributed by atoms with Gasteiger partial charge in [-0.3, -0.25) is 5.43 Å². The number of ether oxygens (including phenoxy) is 1. The van der Waals surface area contributed by atoms with E-state index >= 15 is 0 Å². The lowest BCUT2D eigenvalue weighted by molar-refractivity contribution is 0.0696. The predicted octanol–water partition coefficient (Wildman–Crippen LogP) is 4.32. The third-order valence-corrected chi connectivity index (χ3v) is 3.34. The van der Waals surface area contributed by atoms with E-state index in [9.17, 15) is 4.79 Å². The van der Waals surface area contributed by atoms with Crippen LogP contribution in [0.5, 0.6) is 5.75 Å². The molecule has 1 aromatic heterocycles. The summed E-state index contributed by atoms with van der Waals surface area (Å²) in [7, 11) is 0. The molecule has 2 rings (SSSR count). The van der Waals surface area contributed by atoms with Gasteiger partial charge in [0.2, 0.25) is 0 Å². The second-order valence-corrected chi connectivity index (χ2v) is 5.90. The number of hydrogen-bond donors (Lipinski definition) is 2. The second-order valence-electron chi connectivity index (χ2n) is 5.09. The number of halogens is 2. The van der Waals surface area contributed by atoms with Crippen molar-refractivity contribution in [1.82, 2.24) is 4.98 Å². The molecule has 0 amide bonds. The molecule has 1 heterocycles. The van der Waals surface area contributed by atoms with Crippen LogP contribution < -0.4 is 10.2 Å². The summed E-state index contributed by atoms with van der Waals surface area (Å²) in [5.74, 6) is -0.192. The van der Waals surface area contributed by atoms with Crippen LogP contribution in [0.3, 0.4) is 0 Å². The van der Waals surface area contributed by atoms with Gasteiger partial charge in [0.25, 0.3) is 0 Å². The molecule has 2 aromatic rings. The van der Waals surface area contributed by atoms with Gasteiger partial charge in [0, 0.05) is 6.20 Å². The zero-order valence-electron chi connectivity index (χ0n) is 13.0. The van der Waals surface area contributed by atoms with Crippen molar-refractivity contribution in [2.24, 2.45) is 5.10 Å². The number of pyridine rings is 1. The summed E-state index contributed by atoms with van der Waals surface area (Å²) in [6, 6.07) is 6.30. The van der Waals surface area contributed by atoms with Gasteiger partial charge in [0.05, 0.1) is 27.9 Å². The van der Waals surface area contributed by atoms with E-state index in [0.717, 1.165) is 0 Å². The normalized spacial score (nSPS) is 11.0. The van der Waals surface area contributed by atoms with Crippen molar-refractivity contribution in [2.75, 3.05) is 5.43 Å². The van der Waals surface area contributed by atoms with E-state index in [-0.39, 0.29) is 11.7 Å². The Morgan fingerprint density at radius 3 is 2.50 bits per heavy atom. The van der Waals surface area contributed by atoms with E-state index in [1.54, 1.807) is 12.1 Å². The van der Waals surface area contributed by atoms with Crippen LogP contribution >= 0.6 is 23.2 Å². The Morgan fingerprint density at radius 2 is 2.00 bits per heavy atom. The summed E-state index contributed by atoms with van der Waals surface area (Å²) in [5.41, 5.74) is 3.47. The molecular weight excluding hydrogens is 353 g/mol. The van der Waals surface area contributed by atoms with Crippen LogP contribution in [0.4, 0.5) is 5.82 Å². The van der Waals surface area contributed by atoms with Crippen LogP contribution in [0.15, 0.2) is 35.6 Å². The van der Waals surface area contributed by atoms with Gasteiger partial charge >= 0.3 is 5.97 Å². The minimum atomic E-state index is -1.04. The molecule has 2 N–H and O–H groups in total. The Bertz CT molecular complexity index is 739. The van der Waals surface area contributed by atoms with Crippen LogP contribution in [-0.4, -0.2) is 28.4 Å². The molecule has 0 saturated carbocycles. The number of carbonyl (C=O) groups is 1. The fourth-order valence-electron chi connectivity index (χ4n) is 1.76. The third-order valence-electron chi connectivity index (χ3n) is 2.78. The summed E-state index contributed by atoms with van der Waals surface area (Å²) >= 11 is 12.3. The van der Waals surface area contributed by atoms with Crippen LogP contribution in [-0.2, 0) is 0 Å². The van der Waals surface area contributed by atoms with Crippen molar-refractivity contribution in [3.63, 3.8) is 0 Å². The molecule has 0 aliphatic rings. The van der Waals surface area contributed by atoms with Gasteiger partial charge in [-0.25, -0.2) is 9.78 Å². The summed E-state index contributed by atoms with van der Waals surface area (Å²) in [4.78, 5) is 14.7. The van der Waals surface area contributed by atoms with E-state index in [4.69, 9.17) is 33.0 Å². The first-order valence-electron chi connectivity index (χ1n) is 7.01. The zero-order chi connectivity index (χ0) is 17.7. The summed E-state index contributed by atoms with van der Waals surface area (Å²) in [6.45, 7) is 3.77. The van der Waals surface area contributed by atoms with Crippen molar-refractivity contribution in [2.45, 2.75) is 20.0 Å². The molecule has 6 nitrogen and oxygen atoms in total. The Morgan fingerprint density at radius 1 is 1.33 bits per heavy atom. The van der Waals surface area contributed by atoms with Crippen LogP contribution in [0, 0.1) is 0 Å². The maximum atomic E-state index is 10.7. The van der Waals surface area contributed by atoms with Gasteiger partial charge in [0.1, 0.15) is 5.82 Å². The molecule has 0 fully saturated rings. The number of benzene rings is 1. The topological polar surface area (TPSA) is 83.8 Å². The fourth-order valence-corrected chi connectivity index (χ4v) is 2.35. The number of carboxylic acids is 1. The smallest absolute Gasteiger partial charge is 0.337 e. The number of rotatable bonds is 6. The van der Waals surface area contributed by atoms with Gasteiger partial charge < -0.3 is 9.84 Å². The number of nitrogens with one attached hydrogen (secondary N) is 1. The van der Waals surface area contributed by atoms with E-state index in [2.05, 4.69) is 15.5 Å².